The predicted molar refractivity (Wildman–Crippen MR) is 101 cm³/mol. The molecule has 0 bridgehead atoms. The van der Waals surface area contributed by atoms with Crippen LogP contribution in [0.15, 0.2) is 24.3 Å². The Labute approximate surface area is 154 Å². The standard InChI is InChI=1S/C19H28N4O3/c1-15(16-5-7-20-8-6-16)13-19(24)22-11-9-21(10-12-22)17-3-2-4-18(14-17)23(25)26/h2-4,14-16,20H,5-13H2,1H3. The first-order chi connectivity index (χ1) is 12.5. The molecule has 2 heterocycles. The van der Waals surface area contributed by atoms with Crippen molar-refractivity contribution < 1.29 is 9.72 Å². The van der Waals surface area contributed by atoms with E-state index in [2.05, 4.69) is 17.1 Å². The minimum atomic E-state index is -0.370. The first-order valence-electron chi connectivity index (χ1n) is 9.52. The van der Waals surface area contributed by atoms with Crippen molar-refractivity contribution in [2.24, 2.45) is 11.8 Å². The van der Waals surface area contributed by atoms with Crippen LogP contribution >= 0.6 is 0 Å². The van der Waals surface area contributed by atoms with Crippen molar-refractivity contribution in [3.8, 4) is 0 Å². The number of rotatable bonds is 5. The van der Waals surface area contributed by atoms with Gasteiger partial charge in [-0.05, 0) is 43.8 Å². The molecule has 1 atom stereocenters. The zero-order valence-corrected chi connectivity index (χ0v) is 15.4. The monoisotopic (exact) mass is 360 g/mol. The normalized spacial score (nSPS) is 20.0. The lowest BCUT2D eigenvalue weighted by Crippen LogP contribution is -2.49. The van der Waals surface area contributed by atoms with Gasteiger partial charge >= 0.3 is 0 Å². The number of non-ortho nitro benzene ring substituents is 1. The molecule has 26 heavy (non-hydrogen) atoms. The molecular formula is C19H28N4O3. The van der Waals surface area contributed by atoms with Crippen LogP contribution in [0.1, 0.15) is 26.2 Å². The third-order valence-corrected chi connectivity index (χ3v) is 5.72. The van der Waals surface area contributed by atoms with E-state index in [1.165, 1.54) is 6.07 Å². The first-order valence-corrected chi connectivity index (χ1v) is 9.52. The van der Waals surface area contributed by atoms with E-state index in [4.69, 9.17) is 0 Å². The van der Waals surface area contributed by atoms with Crippen molar-refractivity contribution in [1.29, 1.82) is 0 Å². The van der Waals surface area contributed by atoms with E-state index < -0.39 is 0 Å². The number of nitrogens with zero attached hydrogens (tertiary/aromatic N) is 3. The molecular weight excluding hydrogens is 332 g/mol. The number of nitro benzene ring substituents is 1. The molecule has 2 aliphatic heterocycles. The molecule has 2 fully saturated rings. The van der Waals surface area contributed by atoms with Crippen LogP contribution in [0.3, 0.4) is 0 Å². The summed E-state index contributed by atoms with van der Waals surface area (Å²) in [5.74, 6) is 1.32. The van der Waals surface area contributed by atoms with Gasteiger partial charge in [0.1, 0.15) is 0 Å². The van der Waals surface area contributed by atoms with Gasteiger partial charge in [0, 0.05) is 50.4 Å². The second-order valence-electron chi connectivity index (χ2n) is 7.41. The number of anilines is 1. The molecule has 1 aromatic carbocycles. The summed E-state index contributed by atoms with van der Waals surface area (Å²) >= 11 is 0. The third kappa shape index (κ3) is 4.52. The third-order valence-electron chi connectivity index (χ3n) is 5.72. The average Bonchev–Trinajstić information content (AvgIpc) is 2.68. The topological polar surface area (TPSA) is 78.7 Å². The Morgan fingerprint density at radius 3 is 2.62 bits per heavy atom. The number of hydrogen-bond donors (Lipinski definition) is 1. The number of nitro groups is 1. The molecule has 7 nitrogen and oxygen atoms in total. The van der Waals surface area contributed by atoms with E-state index in [9.17, 15) is 14.9 Å². The van der Waals surface area contributed by atoms with Gasteiger partial charge < -0.3 is 15.1 Å². The van der Waals surface area contributed by atoms with Crippen molar-refractivity contribution in [3.63, 3.8) is 0 Å². The van der Waals surface area contributed by atoms with E-state index in [0.29, 0.717) is 44.4 Å². The zero-order valence-electron chi connectivity index (χ0n) is 15.4. The Morgan fingerprint density at radius 1 is 1.27 bits per heavy atom. The Kier molecular flexibility index (Phi) is 6.08. The fourth-order valence-electron chi connectivity index (χ4n) is 4.00. The van der Waals surface area contributed by atoms with E-state index in [-0.39, 0.29) is 16.5 Å². The van der Waals surface area contributed by atoms with Crippen molar-refractivity contribution in [3.05, 3.63) is 34.4 Å². The molecule has 7 heteroatoms. The molecule has 1 unspecified atom stereocenters. The number of benzene rings is 1. The summed E-state index contributed by atoms with van der Waals surface area (Å²) in [6.45, 7) is 7.12. The van der Waals surface area contributed by atoms with Gasteiger partial charge in [0.15, 0.2) is 0 Å². The molecule has 142 valence electrons. The highest BCUT2D eigenvalue weighted by Gasteiger charge is 2.26. The molecule has 2 saturated heterocycles. The number of hydrogen-bond acceptors (Lipinski definition) is 5. The molecule has 3 rings (SSSR count). The van der Waals surface area contributed by atoms with Crippen LogP contribution in [0.5, 0.6) is 0 Å². The summed E-state index contributed by atoms with van der Waals surface area (Å²) in [6.07, 6.45) is 2.95. The van der Waals surface area contributed by atoms with Crippen LogP contribution in [-0.4, -0.2) is 55.0 Å². The number of amides is 1. The zero-order chi connectivity index (χ0) is 18.5. The van der Waals surface area contributed by atoms with Crippen LogP contribution in [0.4, 0.5) is 11.4 Å². The minimum Gasteiger partial charge on any atom is -0.368 e. The highest BCUT2D eigenvalue weighted by Crippen LogP contribution is 2.26. The van der Waals surface area contributed by atoms with Crippen LogP contribution < -0.4 is 10.2 Å². The maximum Gasteiger partial charge on any atom is 0.271 e. The van der Waals surface area contributed by atoms with E-state index in [1.807, 2.05) is 11.0 Å². The molecule has 0 spiro atoms. The minimum absolute atomic E-state index is 0.108. The second-order valence-corrected chi connectivity index (χ2v) is 7.41. The molecule has 1 N–H and O–H groups in total. The maximum atomic E-state index is 12.6. The van der Waals surface area contributed by atoms with E-state index in [1.54, 1.807) is 12.1 Å². The summed E-state index contributed by atoms with van der Waals surface area (Å²) < 4.78 is 0. The van der Waals surface area contributed by atoms with Crippen LogP contribution in [0.2, 0.25) is 0 Å². The average molecular weight is 360 g/mol. The van der Waals surface area contributed by atoms with Gasteiger partial charge in [-0.2, -0.15) is 0 Å². The Hall–Kier alpha value is -2.15. The SMILES string of the molecule is CC(CC(=O)N1CCN(c2cccc([N+](=O)[O-])c2)CC1)C1CCNCC1. The van der Waals surface area contributed by atoms with Gasteiger partial charge in [0.25, 0.3) is 5.69 Å². The lowest BCUT2D eigenvalue weighted by molar-refractivity contribution is -0.384. The molecule has 0 radical (unpaired) electrons. The molecule has 0 aliphatic carbocycles. The van der Waals surface area contributed by atoms with Gasteiger partial charge in [-0.15, -0.1) is 0 Å². The summed E-state index contributed by atoms with van der Waals surface area (Å²) in [4.78, 5) is 27.3. The number of piperazine rings is 1. The fraction of sp³-hybridized carbons (Fsp3) is 0.632. The Balaban J connectivity index is 1.50. The van der Waals surface area contributed by atoms with Gasteiger partial charge in [-0.1, -0.05) is 13.0 Å². The predicted octanol–water partition coefficient (Wildman–Crippen LogP) is 2.27. The molecule has 0 aromatic heterocycles. The smallest absolute Gasteiger partial charge is 0.271 e. The highest BCUT2D eigenvalue weighted by molar-refractivity contribution is 5.76. The van der Waals surface area contributed by atoms with Crippen molar-refractivity contribution in [1.82, 2.24) is 10.2 Å². The van der Waals surface area contributed by atoms with Gasteiger partial charge in [-0.25, -0.2) is 0 Å². The quantitative estimate of drug-likeness (QED) is 0.644. The maximum absolute atomic E-state index is 12.6. The second kappa shape index (κ2) is 8.49. The van der Waals surface area contributed by atoms with Crippen LogP contribution in [0.25, 0.3) is 0 Å². The summed E-state index contributed by atoms with van der Waals surface area (Å²) in [5.41, 5.74) is 0.964. The van der Waals surface area contributed by atoms with Crippen molar-refractivity contribution in [2.75, 3.05) is 44.2 Å². The molecule has 2 aliphatic rings. The number of carbonyl (C=O) groups excluding carboxylic acids is 1. The summed E-state index contributed by atoms with van der Waals surface area (Å²) in [7, 11) is 0. The number of nitrogens with one attached hydrogen (secondary N) is 1. The van der Waals surface area contributed by atoms with Gasteiger partial charge in [0.2, 0.25) is 5.91 Å². The number of carbonyl (C=O) groups is 1. The van der Waals surface area contributed by atoms with Gasteiger partial charge in [0.05, 0.1) is 4.92 Å². The Morgan fingerprint density at radius 2 is 1.96 bits per heavy atom. The summed E-state index contributed by atoms with van der Waals surface area (Å²) in [6, 6.07) is 6.72. The van der Waals surface area contributed by atoms with Gasteiger partial charge in [-0.3, -0.25) is 14.9 Å². The van der Waals surface area contributed by atoms with E-state index in [0.717, 1.165) is 31.6 Å². The lowest BCUT2D eigenvalue weighted by Gasteiger charge is -2.37. The lowest BCUT2D eigenvalue weighted by atomic mass is 9.84. The number of piperidine rings is 1. The van der Waals surface area contributed by atoms with Crippen molar-refractivity contribution >= 4 is 17.3 Å². The summed E-state index contributed by atoms with van der Waals surface area (Å²) in [5, 5.41) is 14.3. The van der Waals surface area contributed by atoms with Crippen LogP contribution in [0, 0.1) is 22.0 Å². The largest absolute Gasteiger partial charge is 0.368 e. The highest BCUT2D eigenvalue weighted by atomic mass is 16.6. The molecule has 0 saturated carbocycles. The first kappa shape index (κ1) is 18.6. The van der Waals surface area contributed by atoms with E-state index >= 15 is 0 Å². The fourth-order valence-corrected chi connectivity index (χ4v) is 4.00. The Bertz CT molecular complexity index is 637. The van der Waals surface area contributed by atoms with Crippen molar-refractivity contribution in [2.45, 2.75) is 26.2 Å². The van der Waals surface area contributed by atoms with Crippen LogP contribution in [-0.2, 0) is 4.79 Å². The molecule has 1 aromatic rings. The molecule has 1 amide bonds.